The molecule has 1 heterocycles. The van der Waals surface area contributed by atoms with Gasteiger partial charge in [-0.2, -0.15) is 4.73 Å². The van der Waals surface area contributed by atoms with E-state index >= 15 is 0 Å². The molecule has 0 bridgehead atoms. The molecular formula is C13H11NO3. The molecule has 0 saturated carbocycles. The molecule has 0 spiro atoms. The number of carboxylic acids is 1. The first kappa shape index (κ1) is 11.1. The first-order valence-corrected chi connectivity index (χ1v) is 5.12. The van der Waals surface area contributed by atoms with Crippen molar-refractivity contribution in [2.24, 2.45) is 0 Å². The molecule has 0 amide bonds. The predicted octanol–water partition coefficient (Wildman–Crippen LogP) is 1.99. The van der Waals surface area contributed by atoms with Gasteiger partial charge in [-0.25, -0.2) is 4.79 Å². The highest BCUT2D eigenvalue weighted by Crippen LogP contribution is 2.20. The highest BCUT2D eigenvalue weighted by atomic mass is 16.5. The van der Waals surface area contributed by atoms with Gasteiger partial charge in [0.1, 0.15) is 0 Å². The van der Waals surface area contributed by atoms with Crippen molar-refractivity contribution in [2.75, 3.05) is 0 Å². The summed E-state index contributed by atoms with van der Waals surface area (Å²) in [6.07, 6.45) is 1.40. The molecule has 4 heteroatoms. The quantitative estimate of drug-likeness (QED) is 0.632. The van der Waals surface area contributed by atoms with Crippen molar-refractivity contribution >= 4 is 5.97 Å². The molecule has 0 aliphatic heterocycles. The number of aromatic carboxylic acids is 1. The Morgan fingerprint density at radius 1 is 1.29 bits per heavy atom. The smallest absolute Gasteiger partial charge is 0.335 e. The lowest BCUT2D eigenvalue weighted by atomic mass is 10.0. The van der Waals surface area contributed by atoms with Gasteiger partial charge < -0.3 is 10.3 Å². The fraction of sp³-hybridized carbons (Fsp3) is 0.0769. The molecule has 0 fully saturated rings. The second-order valence-corrected chi connectivity index (χ2v) is 3.75. The third-order valence-corrected chi connectivity index (χ3v) is 2.54. The van der Waals surface area contributed by atoms with Crippen LogP contribution in [0.3, 0.4) is 0 Å². The van der Waals surface area contributed by atoms with Crippen LogP contribution in [0.5, 0.6) is 0 Å². The van der Waals surface area contributed by atoms with Crippen LogP contribution in [0.4, 0.5) is 0 Å². The number of aryl methyl sites for hydroxylation is 1. The molecule has 0 atom stereocenters. The maximum atomic E-state index is 11.7. The van der Waals surface area contributed by atoms with E-state index in [-0.39, 0.29) is 5.56 Å². The van der Waals surface area contributed by atoms with Crippen molar-refractivity contribution in [3.05, 3.63) is 58.9 Å². The minimum absolute atomic E-state index is 0.172. The molecule has 17 heavy (non-hydrogen) atoms. The molecule has 0 saturated heterocycles. The Morgan fingerprint density at radius 2 is 2.06 bits per heavy atom. The minimum atomic E-state index is -1.00. The lowest BCUT2D eigenvalue weighted by Crippen LogP contribution is -2.29. The Kier molecular flexibility index (Phi) is 2.78. The average molecular weight is 229 g/mol. The monoisotopic (exact) mass is 229 g/mol. The summed E-state index contributed by atoms with van der Waals surface area (Å²) in [5.41, 5.74) is 2.07. The summed E-state index contributed by atoms with van der Waals surface area (Å²) < 4.78 is 0.746. The number of hydrogen-bond acceptors (Lipinski definition) is 2. The van der Waals surface area contributed by atoms with E-state index in [9.17, 15) is 10.0 Å². The minimum Gasteiger partial charge on any atom is -0.618 e. The van der Waals surface area contributed by atoms with E-state index in [0.717, 1.165) is 10.3 Å². The highest BCUT2D eigenvalue weighted by molar-refractivity contribution is 5.89. The van der Waals surface area contributed by atoms with Gasteiger partial charge in [0.2, 0.25) is 5.69 Å². The van der Waals surface area contributed by atoms with E-state index in [1.807, 2.05) is 13.0 Å². The molecule has 1 N–H and O–H groups in total. The average Bonchev–Trinajstić information content (AvgIpc) is 2.29. The number of benzene rings is 1. The van der Waals surface area contributed by atoms with Gasteiger partial charge in [-0.1, -0.05) is 6.07 Å². The topological polar surface area (TPSA) is 64.2 Å². The zero-order valence-electron chi connectivity index (χ0n) is 9.25. The molecule has 0 unspecified atom stereocenters. The standard InChI is InChI=1S/C13H11NO3/c1-9-4-3-7-14(17)12(9)10-5-2-6-11(8-10)13(15)16/h2-8H,1H3,(H,15,16). The maximum Gasteiger partial charge on any atom is 0.335 e. The van der Waals surface area contributed by atoms with E-state index in [1.165, 1.54) is 18.3 Å². The zero-order valence-corrected chi connectivity index (χ0v) is 9.25. The second-order valence-electron chi connectivity index (χ2n) is 3.75. The molecule has 2 rings (SSSR count). The summed E-state index contributed by atoms with van der Waals surface area (Å²) in [6.45, 7) is 1.82. The van der Waals surface area contributed by atoms with Gasteiger partial charge in [-0.15, -0.1) is 0 Å². The van der Waals surface area contributed by atoms with Crippen LogP contribution >= 0.6 is 0 Å². The van der Waals surface area contributed by atoms with Gasteiger partial charge in [0.15, 0.2) is 6.20 Å². The van der Waals surface area contributed by atoms with Gasteiger partial charge in [0.25, 0.3) is 0 Å². The zero-order chi connectivity index (χ0) is 12.4. The Morgan fingerprint density at radius 3 is 2.71 bits per heavy atom. The van der Waals surface area contributed by atoms with E-state index in [1.54, 1.807) is 18.2 Å². The summed E-state index contributed by atoms with van der Waals surface area (Å²) >= 11 is 0. The third kappa shape index (κ3) is 2.10. The van der Waals surface area contributed by atoms with Crippen LogP contribution in [-0.2, 0) is 0 Å². The molecule has 0 radical (unpaired) electrons. The summed E-state index contributed by atoms with van der Waals surface area (Å²) in [5, 5.41) is 20.6. The molecular weight excluding hydrogens is 218 g/mol. The van der Waals surface area contributed by atoms with E-state index in [0.29, 0.717) is 11.3 Å². The van der Waals surface area contributed by atoms with Gasteiger partial charge in [0, 0.05) is 17.2 Å². The van der Waals surface area contributed by atoms with Crippen LogP contribution in [0.2, 0.25) is 0 Å². The number of nitrogens with zero attached hydrogens (tertiary/aromatic N) is 1. The normalized spacial score (nSPS) is 10.2. The van der Waals surface area contributed by atoms with Crippen molar-refractivity contribution in [2.45, 2.75) is 6.92 Å². The lowest BCUT2D eigenvalue weighted by molar-refractivity contribution is -0.594. The Balaban J connectivity index is 2.61. The first-order chi connectivity index (χ1) is 8.09. The Labute approximate surface area is 98.4 Å². The second kappa shape index (κ2) is 4.25. The Hall–Kier alpha value is -2.36. The van der Waals surface area contributed by atoms with Crippen molar-refractivity contribution in [3.8, 4) is 11.3 Å². The van der Waals surface area contributed by atoms with Crippen molar-refractivity contribution in [3.63, 3.8) is 0 Å². The summed E-state index contributed by atoms with van der Waals surface area (Å²) in [7, 11) is 0. The van der Waals surface area contributed by atoms with Gasteiger partial charge in [-0.05, 0) is 31.2 Å². The fourth-order valence-corrected chi connectivity index (χ4v) is 1.75. The van der Waals surface area contributed by atoms with Gasteiger partial charge in [0.05, 0.1) is 5.56 Å². The van der Waals surface area contributed by atoms with E-state index in [4.69, 9.17) is 5.11 Å². The summed E-state index contributed by atoms with van der Waals surface area (Å²) in [6, 6.07) is 9.83. The third-order valence-electron chi connectivity index (χ3n) is 2.54. The molecule has 86 valence electrons. The van der Waals surface area contributed by atoms with Crippen LogP contribution in [0.1, 0.15) is 15.9 Å². The molecule has 4 nitrogen and oxygen atoms in total. The fourth-order valence-electron chi connectivity index (χ4n) is 1.75. The number of carbonyl (C=O) groups is 1. The molecule has 1 aromatic heterocycles. The molecule has 2 aromatic rings. The lowest BCUT2D eigenvalue weighted by Gasteiger charge is -2.07. The van der Waals surface area contributed by atoms with E-state index < -0.39 is 5.97 Å². The SMILES string of the molecule is Cc1ccc[n+]([O-])c1-c1cccc(C(=O)O)c1. The van der Waals surface area contributed by atoms with Crippen LogP contribution in [0, 0.1) is 12.1 Å². The van der Waals surface area contributed by atoms with E-state index in [2.05, 4.69) is 0 Å². The number of carboxylic acid groups (broad SMARTS) is 1. The Bertz CT molecular complexity index is 558. The molecule has 0 aliphatic rings. The van der Waals surface area contributed by atoms with Crippen molar-refractivity contribution in [1.82, 2.24) is 0 Å². The van der Waals surface area contributed by atoms with Gasteiger partial charge in [-0.3, -0.25) is 0 Å². The van der Waals surface area contributed by atoms with Crippen LogP contribution in [0.25, 0.3) is 11.3 Å². The molecule has 1 aromatic carbocycles. The highest BCUT2D eigenvalue weighted by Gasteiger charge is 2.13. The number of rotatable bonds is 2. The van der Waals surface area contributed by atoms with Crippen molar-refractivity contribution in [1.29, 1.82) is 0 Å². The molecule has 0 aliphatic carbocycles. The number of aromatic nitrogens is 1. The van der Waals surface area contributed by atoms with Crippen LogP contribution < -0.4 is 4.73 Å². The largest absolute Gasteiger partial charge is 0.618 e. The predicted molar refractivity (Wildman–Crippen MR) is 62.5 cm³/mol. The van der Waals surface area contributed by atoms with Crippen molar-refractivity contribution < 1.29 is 14.6 Å². The van der Waals surface area contributed by atoms with Gasteiger partial charge >= 0.3 is 5.97 Å². The number of pyridine rings is 1. The van der Waals surface area contributed by atoms with Crippen LogP contribution in [0.15, 0.2) is 42.6 Å². The summed E-state index contributed by atoms with van der Waals surface area (Å²) in [5.74, 6) is -1.00. The number of hydrogen-bond donors (Lipinski definition) is 1. The first-order valence-electron chi connectivity index (χ1n) is 5.12. The maximum absolute atomic E-state index is 11.7. The summed E-state index contributed by atoms with van der Waals surface area (Å²) in [4.78, 5) is 10.9. The van der Waals surface area contributed by atoms with Crippen LogP contribution in [-0.4, -0.2) is 11.1 Å².